The Morgan fingerprint density at radius 3 is 2.59 bits per heavy atom. The molecule has 0 saturated heterocycles. The minimum atomic E-state index is -1.57. The van der Waals surface area contributed by atoms with E-state index in [0.717, 1.165) is 4.88 Å². The number of carbonyl (C=O) groups excluding carboxylic acids is 1. The van der Waals surface area contributed by atoms with Gasteiger partial charge in [0.15, 0.2) is 5.41 Å². The van der Waals surface area contributed by atoms with Gasteiger partial charge in [-0.2, -0.15) is 0 Å². The second kappa shape index (κ2) is 5.51. The van der Waals surface area contributed by atoms with Crippen molar-refractivity contribution in [3.8, 4) is 0 Å². The Kier molecular flexibility index (Phi) is 4.54. The molecular formula is C11H13ClO4S. The highest BCUT2D eigenvalue weighted by molar-refractivity contribution is 7.16. The Hall–Kier alpha value is -1.07. The van der Waals surface area contributed by atoms with E-state index in [0.29, 0.717) is 4.34 Å². The van der Waals surface area contributed by atoms with Gasteiger partial charge in [0.25, 0.3) is 0 Å². The molecule has 0 saturated carbocycles. The summed E-state index contributed by atoms with van der Waals surface area (Å²) in [5.41, 5.74) is -1.57. The molecule has 6 heteroatoms. The number of ether oxygens (including phenoxy) is 1. The lowest BCUT2D eigenvalue weighted by molar-refractivity contribution is -0.167. The predicted octanol–water partition coefficient (Wildman–Crippen LogP) is 2.60. The van der Waals surface area contributed by atoms with Crippen LogP contribution >= 0.6 is 22.9 Å². The van der Waals surface area contributed by atoms with Gasteiger partial charge in [0.2, 0.25) is 0 Å². The summed E-state index contributed by atoms with van der Waals surface area (Å²) >= 11 is 7.03. The molecule has 0 aliphatic rings. The highest BCUT2D eigenvalue weighted by Crippen LogP contribution is 2.30. The summed E-state index contributed by atoms with van der Waals surface area (Å²) in [6, 6.07) is 3.39. The summed E-state index contributed by atoms with van der Waals surface area (Å²) in [7, 11) is 0. The fourth-order valence-corrected chi connectivity index (χ4v) is 2.56. The van der Waals surface area contributed by atoms with E-state index in [1.165, 1.54) is 18.3 Å². The first-order valence-corrected chi connectivity index (χ1v) is 6.24. The maximum atomic E-state index is 11.7. The van der Waals surface area contributed by atoms with Gasteiger partial charge in [0.05, 0.1) is 10.9 Å². The van der Waals surface area contributed by atoms with Crippen molar-refractivity contribution >= 4 is 34.9 Å². The van der Waals surface area contributed by atoms with Gasteiger partial charge in [-0.3, -0.25) is 9.59 Å². The molecule has 0 aliphatic heterocycles. The van der Waals surface area contributed by atoms with Crippen LogP contribution in [-0.2, 0) is 20.7 Å². The maximum Gasteiger partial charge on any atom is 0.323 e. The third-order valence-corrected chi connectivity index (χ3v) is 3.59. The van der Waals surface area contributed by atoms with Crippen LogP contribution < -0.4 is 0 Å². The lowest BCUT2D eigenvalue weighted by Crippen LogP contribution is -2.39. The Morgan fingerprint density at radius 2 is 2.18 bits per heavy atom. The summed E-state index contributed by atoms with van der Waals surface area (Å²) in [6.45, 7) is 3.16. The number of esters is 1. The van der Waals surface area contributed by atoms with E-state index in [1.807, 2.05) is 0 Å². The Bertz CT molecular complexity index is 429. The minimum absolute atomic E-state index is 0.0819. The van der Waals surface area contributed by atoms with Crippen LogP contribution in [0.1, 0.15) is 18.7 Å². The van der Waals surface area contributed by atoms with Crippen molar-refractivity contribution in [1.82, 2.24) is 0 Å². The fraction of sp³-hybridized carbons (Fsp3) is 0.455. The van der Waals surface area contributed by atoms with Crippen molar-refractivity contribution in [3.63, 3.8) is 0 Å². The van der Waals surface area contributed by atoms with Gasteiger partial charge in [-0.1, -0.05) is 11.6 Å². The fourth-order valence-electron chi connectivity index (χ4n) is 1.32. The Labute approximate surface area is 108 Å². The lowest BCUT2D eigenvalue weighted by Gasteiger charge is -2.21. The summed E-state index contributed by atoms with van der Waals surface area (Å²) in [4.78, 5) is 23.6. The van der Waals surface area contributed by atoms with Crippen LogP contribution in [0.25, 0.3) is 0 Å². The highest BCUT2D eigenvalue weighted by atomic mass is 35.5. The summed E-state index contributed by atoms with van der Waals surface area (Å²) in [6.07, 6.45) is 0.0819. The van der Waals surface area contributed by atoms with E-state index in [9.17, 15) is 9.59 Å². The molecule has 1 atom stereocenters. The highest BCUT2D eigenvalue weighted by Gasteiger charge is 2.43. The van der Waals surface area contributed by atoms with E-state index >= 15 is 0 Å². The number of carboxylic acids is 1. The van der Waals surface area contributed by atoms with Crippen molar-refractivity contribution in [2.75, 3.05) is 6.61 Å². The van der Waals surface area contributed by atoms with Gasteiger partial charge >= 0.3 is 11.9 Å². The van der Waals surface area contributed by atoms with E-state index < -0.39 is 17.4 Å². The van der Waals surface area contributed by atoms with Crippen molar-refractivity contribution < 1.29 is 19.4 Å². The number of hydrogen-bond acceptors (Lipinski definition) is 4. The molecule has 0 bridgehead atoms. The summed E-state index contributed by atoms with van der Waals surface area (Å²) < 4.78 is 5.37. The van der Waals surface area contributed by atoms with Gasteiger partial charge in [-0.25, -0.2) is 0 Å². The minimum Gasteiger partial charge on any atom is -0.480 e. The predicted molar refractivity (Wildman–Crippen MR) is 65.4 cm³/mol. The molecule has 0 aliphatic carbocycles. The molecule has 0 fully saturated rings. The molecular weight excluding hydrogens is 264 g/mol. The van der Waals surface area contributed by atoms with Gasteiger partial charge in [0, 0.05) is 11.3 Å². The first-order valence-electron chi connectivity index (χ1n) is 5.05. The van der Waals surface area contributed by atoms with Crippen molar-refractivity contribution in [3.05, 3.63) is 21.3 Å². The number of hydrogen-bond donors (Lipinski definition) is 1. The van der Waals surface area contributed by atoms with Gasteiger partial charge in [-0.15, -0.1) is 11.3 Å². The Morgan fingerprint density at radius 1 is 1.53 bits per heavy atom. The largest absolute Gasteiger partial charge is 0.480 e. The third-order valence-electron chi connectivity index (χ3n) is 2.35. The smallest absolute Gasteiger partial charge is 0.323 e. The molecule has 1 unspecified atom stereocenters. The number of rotatable bonds is 5. The zero-order chi connectivity index (χ0) is 13.1. The number of thiophene rings is 1. The molecule has 1 aromatic rings. The zero-order valence-electron chi connectivity index (χ0n) is 9.53. The number of halogens is 1. The second-order valence-electron chi connectivity index (χ2n) is 3.74. The maximum absolute atomic E-state index is 11.7. The number of carbonyl (C=O) groups is 2. The number of carboxylic acid groups (broad SMARTS) is 1. The average molecular weight is 277 g/mol. The van der Waals surface area contributed by atoms with Gasteiger partial charge < -0.3 is 9.84 Å². The molecule has 17 heavy (non-hydrogen) atoms. The van der Waals surface area contributed by atoms with E-state index in [2.05, 4.69) is 0 Å². The van der Waals surface area contributed by atoms with Crippen LogP contribution in [0.4, 0.5) is 0 Å². The lowest BCUT2D eigenvalue weighted by atomic mass is 9.86. The normalized spacial score (nSPS) is 14.1. The Balaban J connectivity index is 2.92. The van der Waals surface area contributed by atoms with Crippen LogP contribution in [0.15, 0.2) is 12.1 Å². The van der Waals surface area contributed by atoms with Crippen molar-refractivity contribution in [2.45, 2.75) is 20.3 Å². The molecule has 0 amide bonds. The summed E-state index contributed by atoms with van der Waals surface area (Å²) in [5, 5.41) is 9.17. The molecule has 94 valence electrons. The van der Waals surface area contributed by atoms with Crippen molar-refractivity contribution in [2.24, 2.45) is 5.41 Å². The van der Waals surface area contributed by atoms with E-state index in [-0.39, 0.29) is 13.0 Å². The molecule has 1 heterocycles. The average Bonchev–Trinajstić information content (AvgIpc) is 2.63. The monoisotopic (exact) mass is 276 g/mol. The molecule has 0 spiro atoms. The van der Waals surface area contributed by atoms with Gasteiger partial charge in [0.1, 0.15) is 0 Å². The van der Waals surface area contributed by atoms with E-state index in [1.54, 1.807) is 19.1 Å². The molecule has 1 N–H and O–H groups in total. The molecule has 1 rings (SSSR count). The molecule has 0 radical (unpaired) electrons. The number of aliphatic carboxylic acids is 1. The van der Waals surface area contributed by atoms with E-state index in [4.69, 9.17) is 21.4 Å². The quantitative estimate of drug-likeness (QED) is 0.663. The summed E-state index contributed by atoms with van der Waals surface area (Å²) in [5.74, 6) is -1.92. The van der Waals surface area contributed by atoms with Crippen LogP contribution in [-0.4, -0.2) is 23.7 Å². The molecule has 4 nitrogen and oxygen atoms in total. The van der Waals surface area contributed by atoms with Gasteiger partial charge in [-0.05, 0) is 26.0 Å². The van der Waals surface area contributed by atoms with Crippen LogP contribution in [0.5, 0.6) is 0 Å². The first-order chi connectivity index (χ1) is 7.90. The SMILES string of the molecule is CCOC(=O)C(C)(Cc1ccc(Cl)s1)C(=O)O. The van der Waals surface area contributed by atoms with Crippen LogP contribution in [0, 0.1) is 5.41 Å². The first kappa shape index (κ1) is 14.0. The van der Waals surface area contributed by atoms with Crippen LogP contribution in [0.3, 0.4) is 0 Å². The van der Waals surface area contributed by atoms with Crippen LogP contribution in [0.2, 0.25) is 4.34 Å². The standard InChI is InChI=1S/C11H13ClO4S/c1-3-16-10(15)11(2,9(13)14)6-7-4-5-8(12)17-7/h4-5H,3,6H2,1-2H3,(H,13,14). The topological polar surface area (TPSA) is 63.6 Å². The molecule has 1 aromatic heterocycles. The zero-order valence-corrected chi connectivity index (χ0v) is 11.1. The van der Waals surface area contributed by atoms with Crippen molar-refractivity contribution in [1.29, 1.82) is 0 Å². The second-order valence-corrected chi connectivity index (χ2v) is 5.54. The molecule has 0 aromatic carbocycles. The third kappa shape index (κ3) is 3.20.